The van der Waals surface area contributed by atoms with E-state index in [0.717, 1.165) is 5.75 Å². The minimum atomic E-state index is 0.0164. The van der Waals surface area contributed by atoms with Crippen LogP contribution in [0.15, 0.2) is 24.3 Å². The molecule has 0 amide bonds. The summed E-state index contributed by atoms with van der Waals surface area (Å²) in [4.78, 5) is 0. The second kappa shape index (κ2) is 87.2. The van der Waals surface area contributed by atoms with Crippen LogP contribution in [0.5, 0.6) is 5.75 Å². The van der Waals surface area contributed by atoms with Crippen LogP contribution in [0.3, 0.4) is 0 Å². The zero-order valence-corrected chi connectivity index (χ0v) is 59.4. The van der Waals surface area contributed by atoms with Gasteiger partial charge in [-0.05, 0) is 19.1 Å². The molecule has 0 radical (unpaired) electrons. The van der Waals surface area contributed by atoms with Gasteiger partial charge in [-0.2, -0.15) is 0 Å². The molecule has 1 aromatic rings. The maximum Gasteiger partial charge on any atom is 0.119 e. The van der Waals surface area contributed by atoms with E-state index in [9.17, 15) is 0 Å². The van der Waals surface area contributed by atoms with Gasteiger partial charge in [0.2, 0.25) is 0 Å². The summed E-state index contributed by atoms with van der Waals surface area (Å²) in [6, 6.07) is 7.95. The second-order valence-electron chi connectivity index (χ2n) is 20.1. The molecule has 0 spiro atoms. The summed E-state index contributed by atoms with van der Waals surface area (Å²) >= 11 is 0. The fourth-order valence-electron chi connectivity index (χ4n) is 7.18. The van der Waals surface area contributed by atoms with Crippen molar-refractivity contribution in [3.8, 4) is 5.75 Å². The van der Waals surface area contributed by atoms with Crippen molar-refractivity contribution in [1.29, 1.82) is 0 Å². The number of ether oxygens (including phenoxy) is 30. The zero-order chi connectivity index (χ0) is 69.6. The van der Waals surface area contributed by atoms with Crippen LogP contribution in [0, 0.1) is 6.92 Å². The first-order valence-corrected chi connectivity index (χ1v) is 34.9. The van der Waals surface area contributed by atoms with Gasteiger partial charge in [0, 0.05) is 0 Å². The van der Waals surface area contributed by atoms with Crippen LogP contribution in [0.2, 0.25) is 0 Å². The van der Waals surface area contributed by atoms with Crippen LogP contribution >= 0.6 is 0 Å². The molecular weight excluding hydrogens is 1300 g/mol. The predicted molar refractivity (Wildman–Crippen MR) is 358 cm³/mol. The Kier molecular flexibility index (Phi) is 83.5. The molecule has 0 aliphatic rings. The summed E-state index contributed by atoms with van der Waals surface area (Å²) in [5.74, 6) is 0.844. The van der Waals surface area contributed by atoms with Crippen LogP contribution in [-0.4, -0.2) is 402 Å². The van der Waals surface area contributed by atoms with E-state index in [4.69, 9.17) is 147 Å². The number of benzene rings is 1. The molecule has 0 saturated heterocycles. The summed E-state index contributed by atoms with van der Waals surface area (Å²) in [5, 5.41) is 8.62. The molecule has 582 valence electrons. The Balaban J connectivity index is 1.58. The molecule has 0 aliphatic heterocycles. The quantitative estimate of drug-likeness (QED) is 0.0910. The molecule has 0 aliphatic carbocycles. The minimum Gasteiger partial charge on any atom is -0.491 e. The Morgan fingerprint density at radius 3 is 0.367 bits per heavy atom. The third-order valence-corrected chi connectivity index (χ3v) is 12.2. The van der Waals surface area contributed by atoms with Crippen LogP contribution in [0.25, 0.3) is 0 Å². The van der Waals surface area contributed by atoms with Crippen molar-refractivity contribution < 1.29 is 147 Å². The van der Waals surface area contributed by atoms with Crippen LogP contribution in [0.1, 0.15) is 5.56 Å². The van der Waals surface area contributed by atoms with Gasteiger partial charge < -0.3 is 147 Å². The molecule has 0 unspecified atom stereocenters. The van der Waals surface area contributed by atoms with Gasteiger partial charge in [-0.15, -0.1) is 0 Å². The van der Waals surface area contributed by atoms with E-state index in [-0.39, 0.29) is 6.61 Å². The van der Waals surface area contributed by atoms with Crippen molar-refractivity contribution in [2.75, 3.05) is 396 Å². The predicted octanol–water partition coefficient (Wildman–Crippen LogP) is 1.85. The highest BCUT2D eigenvalue weighted by molar-refractivity contribution is 5.26. The first kappa shape index (κ1) is 93.8. The maximum atomic E-state index is 8.62. The molecule has 0 atom stereocenters. The lowest BCUT2D eigenvalue weighted by molar-refractivity contribution is -0.0324. The van der Waals surface area contributed by atoms with E-state index in [1.165, 1.54) is 5.56 Å². The van der Waals surface area contributed by atoms with Gasteiger partial charge in [-0.1, -0.05) is 17.7 Å². The highest BCUT2D eigenvalue weighted by atomic mass is 16.6. The fraction of sp³-hybridized carbons (Fsp3) is 0.910. The number of aryl methyl sites for hydroxylation is 1. The lowest BCUT2D eigenvalue weighted by Gasteiger charge is -2.09. The van der Waals surface area contributed by atoms with Crippen molar-refractivity contribution >= 4 is 0 Å². The van der Waals surface area contributed by atoms with E-state index >= 15 is 0 Å². The fourth-order valence-corrected chi connectivity index (χ4v) is 7.18. The molecule has 1 rings (SSSR count). The Morgan fingerprint density at radius 2 is 0.255 bits per heavy atom. The Labute approximate surface area is 584 Å². The lowest BCUT2D eigenvalue weighted by atomic mass is 10.2. The number of aliphatic hydroxyl groups is 1. The van der Waals surface area contributed by atoms with Crippen molar-refractivity contribution in [3.63, 3.8) is 0 Å². The summed E-state index contributed by atoms with van der Waals surface area (Å²) in [6.45, 7) is 30.6. The summed E-state index contributed by atoms with van der Waals surface area (Å²) in [5.41, 5.74) is 1.20. The Morgan fingerprint density at radius 1 is 0.153 bits per heavy atom. The highest BCUT2D eigenvalue weighted by Gasteiger charge is 2.03. The largest absolute Gasteiger partial charge is 0.491 e. The van der Waals surface area contributed by atoms with Crippen molar-refractivity contribution in [1.82, 2.24) is 0 Å². The molecular formula is C67H128O31. The standard InChI is InChI=1S/C67H128O31/c1-66-2-4-67(5-3-66)98-65-64-97-63-62-96-61-60-95-59-58-94-57-56-93-55-54-92-53-52-91-51-50-90-49-48-89-47-46-88-45-44-87-43-42-86-41-40-85-39-38-84-37-36-83-35-34-82-33-32-81-31-30-80-29-28-79-27-26-78-25-24-77-23-22-76-21-20-75-19-18-74-17-16-73-15-14-72-13-12-71-11-10-70-9-8-69-7-6-68/h2-5,68H,6-65H2,1H3. The van der Waals surface area contributed by atoms with Gasteiger partial charge in [0.25, 0.3) is 0 Å². The molecule has 0 saturated carbocycles. The van der Waals surface area contributed by atoms with Gasteiger partial charge in [0.15, 0.2) is 0 Å². The number of hydrogen-bond acceptors (Lipinski definition) is 31. The Hall–Kier alpha value is -2.18. The molecule has 31 heteroatoms. The van der Waals surface area contributed by atoms with Crippen LogP contribution in [0.4, 0.5) is 0 Å². The first-order chi connectivity index (χ1) is 48.8. The third-order valence-electron chi connectivity index (χ3n) is 12.2. The molecule has 0 heterocycles. The van der Waals surface area contributed by atoms with Gasteiger partial charge >= 0.3 is 0 Å². The maximum absolute atomic E-state index is 8.62. The van der Waals surface area contributed by atoms with Crippen molar-refractivity contribution in [3.05, 3.63) is 29.8 Å². The third kappa shape index (κ3) is 82.8. The molecule has 0 fully saturated rings. The van der Waals surface area contributed by atoms with Crippen LogP contribution < -0.4 is 4.74 Å². The molecule has 0 bridgehead atoms. The number of aliphatic hydroxyl groups excluding tert-OH is 1. The molecule has 0 aromatic heterocycles. The van der Waals surface area contributed by atoms with Gasteiger partial charge in [-0.3, -0.25) is 0 Å². The topological polar surface area (TPSA) is 297 Å². The normalized spacial score (nSPS) is 11.7. The summed E-state index contributed by atoms with van der Waals surface area (Å²) in [7, 11) is 0. The molecule has 1 aromatic carbocycles. The van der Waals surface area contributed by atoms with Gasteiger partial charge in [-0.25, -0.2) is 0 Å². The van der Waals surface area contributed by atoms with Gasteiger partial charge in [0.1, 0.15) is 12.4 Å². The average molecular weight is 1430 g/mol. The van der Waals surface area contributed by atoms with Crippen LogP contribution in [-0.2, 0) is 137 Å². The van der Waals surface area contributed by atoms with Crippen molar-refractivity contribution in [2.24, 2.45) is 0 Å². The van der Waals surface area contributed by atoms with E-state index in [0.29, 0.717) is 390 Å². The molecule has 1 N–H and O–H groups in total. The lowest BCUT2D eigenvalue weighted by Crippen LogP contribution is -2.16. The van der Waals surface area contributed by atoms with E-state index in [2.05, 4.69) is 0 Å². The number of rotatable bonds is 90. The van der Waals surface area contributed by atoms with E-state index in [1.807, 2.05) is 31.2 Å². The summed E-state index contributed by atoms with van der Waals surface area (Å²) < 4.78 is 165. The Bertz CT molecular complexity index is 1580. The summed E-state index contributed by atoms with van der Waals surface area (Å²) in [6.07, 6.45) is 0. The smallest absolute Gasteiger partial charge is 0.119 e. The second-order valence-corrected chi connectivity index (χ2v) is 20.1. The monoisotopic (exact) mass is 1430 g/mol. The number of hydrogen-bond donors (Lipinski definition) is 1. The van der Waals surface area contributed by atoms with E-state index in [1.54, 1.807) is 0 Å². The molecule has 98 heavy (non-hydrogen) atoms. The van der Waals surface area contributed by atoms with Gasteiger partial charge in [0.05, 0.1) is 390 Å². The van der Waals surface area contributed by atoms with Crippen molar-refractivity contribution in [2.45, 2.75) is 6.92 Å². The first-order valence-electron chi connectivity index (χ1n) is 34.9. The molecule has 31 nitrogen and oxygen atoms in total. The highest BCUT2D eigenvalue weighted by Crippen LogP contribution is 2.11. The SMILES string of the molecule is Cc1ccc(OCCOCCOCCOCCOCCOCCOCCOCCOCCOCCOCCOCCOCCOCCOCCOCCOCCOCCOCCOCCOCCOCCOCCOCCOCCOCCOCCOCCOCCOCCO)cc1. The minimum absolute atomic E-state index is 0.0164. The average Bonchev–Trinajstić information content (AvgIpc) is 1.61. The van der Waals surface area contributed by atoms with E-state index < -0.39 is 0 Å². The zero-order valence-electron chi connectivity index (χ0n) is 59.4.